The van der Waals surface area contributed by atoms with Crippen molar-refractivity contribution >= 4 is 0 Å². The smallest absolute Gasteiger partial charge is 0.0709 e. The molecule has 3 heterocycles. The third-order valence-corrected chi connectivity index (χ3v) is 17.0. The van der Waals surface area contributed by atoms with Crippen molar-refractivity contribution in [3.05, 3.63) is 358 Å². The number of benzene rings is 12. The van der Waals surface area contributed by atoms with Gasteiger partial charge in [0.25, 0.3) is 0 Å². The second kappa shape index (κ2) is 24.8. The van der Waals surface area contributed by atoms with E-state index in [1.165, 1.54) is 11.1 Å². The molecule has 90 heavy (non-hydrogen) atoms. The Morgan fingerprint density at radius 3 is 0.700 bits per heavy atom. The molecule has 0 N–H and O–H groups in total. The number of pyridine rings is 3. The maximum atomic E-state index is 5.26. The van der Waals surface area contributed by atoms with E-state index in [9.17, 15) is 0 Å². The van der Waals surface area contributed by atoms with E-state index in [-0.39, 0.29) is 0 Å². The van der Waals surface area contributed by atoms with Gasteiger partial charge in [-0.3, -0.25) is 0 Å². The molecular formula is C87H59N3. The van der Waals surface area contributed by atoms with Crippen LogP contribution in [0.5, 0.6) is 0 Å². The molecule has 0 radical (unpaired) electrons. The third kappa shape index (κ3) is 11.4. The minimum atomic E-state index is 0.917. The van der Waals surface area contributed by atoms with Crippen molar-refractivity contribution in [2.24, 2.45) is 0 Å². The summed E-state index contributed by atoms with van der Waals surface area (Å²) in [5, 5.41) is 0. The average molecular weight is 1150 g/mol. The molecule has 0 aliphatic heterocycles. The highest BCUT2D eigenvalue weighted by Crippen LogP contribution is 2.45. The summed E-state index contributed by atoms with van der Waals surface area (Å²) in [6.07, 6.45) is 0. The summed E-state index contributed by atoms with van der Waals surface area (Å²) in [4.78, 5) is 15.5. The van der Waals surface area contributed by atoms with Gasteiger partial charge in [0.2, 0.25) is 0 Å². The first kappa shape index (κ1) is 54.7. The standard InChI is InChI=1S/C87H59N3/c1-5-22-60(23-6-1)61-42-44-64(45-43-61)81-59-70(87-41-21-38-84(90-87)67-28-11-4-12-29-67)54-55-80(81)79-35-18-17-34-78(79)73-57-71(76-32-15-13-30-74(76)62-46-50-68(51-47-62)85-39-19-36-82(88-85)65-24-7-2-8-25-65)56-72(58-73)77-33-16-14-31-75(77)63-48-52-69(53-49-63)86-40-20-37-83(89-86)66-26-9-3-10-27-66/h1-59H. The van der Waals surface area contributed by atoms with E-state index >= 15 is 0 Å². The highest BCUT2D eigenvalue weighted by atomic mass is 14.7. The normalized spacial score (nSPS) is 11.1. The van der Waals surface area contributed by atoms with E-state index in [1.54, 1.807) is 0 Å². The molecule has 422 valence electrons. The van der Waals surface area contributed by atoms with Gasteiger partial charge in [0.05, 0.1) is 34.2 Å². The second-order valence-corrected chi connectivity index (χ2v) is 22.6. The van der Waals surface area contributed by atoms with Gasteiger partial charge in [-0.1, -0.05) is 297 Å². The molecule has 0 amide bonds. The maximum Gasteiger partial charge on any atom is 0.0709 e. The molecule has 15 aromatic rings. The van der Waals surface area contributed by atoms with Crippen LogP contribution >= 0.6 is 0 Å². The zero-order valence-electron chi connectivity index (χ0n) is 49.4. The lowest BCUT2D eigenvalue weighted by atomic mass is 9.84. The fourth-order valence-corrected chi connectivity index (χ4v) is 12.4. The van der Waals surface area contributed by atoms with Crippen LogP contribution in [0.4, 0.5) is 0 Å². The lowest BCUT2D eigenvalue weighted by Crippen LogP contribution is -1.94. The molecule has 15 rings (SSSR count). The highest BCUT2D eigenvalue weighted by molar-refractivity contribution is 5.98. The summed E-state index contributed by atoms with van der Waals surface area (Å²) < 4.78 is 0. The SMILES string of the molecule is c1ccc(-c2ccc(-c3cc(-c4cccc(-c5ccccc5)n4)ccc3-c3ccccc3-c3cc(-c4ccccc4-c4ccc(-c5cccc(-c6ccccc6)n5)cc4)cc(-c4ccccc4-c4ccc(-c5cccc(-c6ccccc6)n5)cc4)c3)cc2)cc1. The minimum absolute atomic E-state index is 0.917. The first-order valence-corrected chi connectivity index (χ1v) is 30.6. The van der Waals surface area contributed by atoms with E-state index < -0.39 is 0 Å². The van der Waals surface area contributed by atoms with Crippen molar-refractivity contribution in [3.63, 3.8) is 0 Å². The molecule has 0 spiro atoms. The fraction of sp³-hybridized carbons (Fsp3) is 0. The molecule has 0 saturated heterocycles. The molecule has 0 aliphatic rings. The quantitative estimate of drug-likeness (QED) is 0.109. The summed E-state index contributed by atoms with van der Waals surface area (Å²) in [6, 6.07) is 128. The van der Waals surface area contributed by atoms with Crippen LogP contribution in [0.3, 0.4) is 0 Å². The van der Waals surface area contributed by atoms with Crippen LogP contribution in [0.1, 0.15) is 0 Å². The van der Waals surface area contributed by atoms with Gasteiger partial charge in [-0.15, -0.1) is 0 Å². The number of nitrogens with zero attached hydrogens (tertiary/aromatic N) is 3. The predicted octanol–water partition coefficient (Wildman–Crippen LogP) is 23.2. The van der Waals surface area contributed by atoms with E-state index in [2.05, 4.69) is 340 Å². The second-order valence-electron chi connectivity index (χ2n) is 22.6. The topological polar surface area (TPSA) is 38.7 Å². The van der Waals surface area contributed by atoms with Crippen molar-refractivity contribution in [2.45, 2.75) is 0 Å². The Kier molecular flexibility index (Phi) is 15.1. The molecule has 0 bridgehead atoms. The van der Waals surface area contributed by atoms with Crippen LogP contribution in [-0.2, 0) is 0 Å². The Morgan fingerprint density at radius 1 is 0.111 bits per heavy atom. The monoisotopic (exact) mass is 1150 g/mol. The Hall–Kier alpha value is -11.9. The van der Waals surface area contributed by atoms with Crippen molar-refractivity contribution in [1.29, 1.82) is 0 Å². The van der Waals surface area contributed by atoms with E-state index in [0.717, 1.165) is 145 Å². The van der Waals surface area contributed by atoms with Crippen LogP contribution in [-0.4, -0.2) is 15.0 Å². The number of hydrogen-bond acceptors (Lipinski definition) is 3. The average Bonchev–Trinajstić information content (AvgIpc) is 1.71. The summed E-state index contributed by atoms with van der Waals surface area (Å²) in [6.45, 7) is 0. The third-order valence-electron chi connectivity index (χ3n) is 17.0. The Bertz CT molecular complexity index is 4810. The molecule has 0 aliphatic carbocycles. The van der Waals surface area contributed by atoms with E-state index in [4.69, 9.17) is 15.0 Å². The zero-order chi connectivity index (χ0) is 60.0. The molecular weight excluding hydrogens is 1090 g/mol. The van der Waals surface area contributed by atoms with Crippen molar-refractivity contribution in [3.8, 4) is 157 Å². The molecule has 0 atom stereocenters. The van der Waals surface area contributed by atoms with Crippen LogP contribution in [0.25, 0.3) is 157 Å². The lowest BCUT2D eigenvalue weighted by Gasteiger charge is -2.19. The Balaban J connectivity index is 0.872. The maximum absolute atomic E-state index is 5.26. The Morgan fingerprint density at radius 2 is 0.333 bits per heavy atom. The number of hydrogen-bond donors (Lipinski definition) is 0. The van der Waals surface area contributed by atoms with Gasteiger partial charge in [-0.25, -0.2) is 15.0 Å². The van der Waals surface area contributed by atoms with Crippen LogP contribution in [0.15, 0.2) is 358 Å². The van der Waals surface area contributed by atoms with E-state index in [1.807, 2.05) is 18.2 Å². The lowest BCUT2D eigenvalue weighted by molar-refractivity contribution is 1.32. The molecule has 12 aromatic carbocycles. The molecule has 0 fully saturated rings. The summed E-state index contributed by atoms with van der Waals surface area (Å²) in [7, 11) is 0. The first-order chi connectivity index (χ1) is 44.6. The molecule has 3 nitrogen and oxygen atoms in total. The highest BCUT2D eigenvalue weighted by Gasteiger charge is 2.20. The Labute approximate surface area is 526 Å². The minimum Gasteiger partial charge on any atom is -0.248 e. The van der Waals surface area contributed by atoms with Crippen molar-refractivity contribution in [2.75, 3.05) is 0 Å². The molecule has 3 heteroatoms. The van der Waals surface area contributed by atoms with Gasteiger partial charge in [0, 0.05) is 33.4 Å². The zero-order valence-corrected chi connectivity index (χ0v) is 49.4. The number of rotatable bonds is 14. The van der Waals surface area contributed by atoms with Crippen LogP contribution in [0, 0.1) is 0 Å². The summed E-state index contributed by atoms with van der Waals surface area (Å²) >= 11 is 0. The largest absolute Gasteiger partial charge is 0.248 e. The summed E-state index contributed by atoms with van der Waals surface area (Å²) in [5.74, 6) is 0. The predicted molar refractivity (Wildman–Crippen MR) is 376 cm³/mol. The van der Waals surface area contributed by atoms with Gasteiger partial charge >= 0.3 is 0 Å². The molecule has 3 aromatic heterocycles. The molecule has 0 saturated carbocycles. The van der Waals surface area contributed by atoms with Gasteiger partial charge < -0.3 is 0 Å². The van der Waals surface area contributed by atoms with Gasteiger partial charge in [-0.2, -0.15) is 0 Å². The molecule has 0 unspecified atom stereocenters. The van der Waals surface area contributed by atoms with Crippen molar-refractivity contribution in [1.82, 2.24) is 15.0 Å². The van der Waals surface area contributed by atoms with Gasteiger partial charge in [0.15, 0.2) is 0 Å². The fourth-order valence-electron chi connectivity index (χ4n) is 12.4. The first-order valence-electron chi connectivity index (χ1n) is 30.6. The van der Waals surface area contributed by atoms with Crippen LogP contribution in [0.2, 0.25) is 0 Å². The van der Waals surface area contributed by atoms with E-state index in [0.29, 0.717) is 0 Å². The van der Waals surface area contributed by atoms with Crippen LogP contribution < -0.4 is 0 Å². The summed E-state index contributed by atoms with van der Waals surface area (Å²) in [5.41, 5.74) is 30.2. The van der Waals surface area contributed by atoms with Gasteiger partial charge in [0.1, 0.15) is 0 Å². The number of aromatic nitrogens is 3. The van der Waals surface area contributed by atoms with Crippen molar-refractivity contribution < 1.29 is 0 Å². The van der Waals surface area contributed by atoms with Gasteiger partial charge in [-0.05, 0) is 150 Å².